The number of likely N-dealkylation sites (tertiary alicyclic amines) is 1. The van der Waals surface area contributed by atoms with Gasteiger partial charge in [-0.2, -0.15) is 0 Å². The number of Topliss-reactive ketones (excluding diaryl/α,β-unsaturated/α-hetero) is 1. The van der Waals surface area contributed by atoms with Crippen molar-refractivity contribution in [3.05, 3.63) is 69.2 Å². The standard InChI is InChI=1S/C20H21N3O6/c1-12-4-9-15(29-12)17-16(19(25)20(26)22(17)11-10-21(2)3)18(24)13-5-7-14(8-6-13)23(27)28/h4-9,17,24H,10-11H2,1-3H3/b18-16-. The van der Waals surface area contributed by atoms with Crippen LogP contribution in [-0.4, -0.2) is 58.7 Å². The van der Waals surface area contributed by atoms with Crippen LogP contribution in [0.1, 0.15) is 23.1 Å². The largest absolute Gasteiger partial charge is 0.507 e. The van der Waals surface area contributed by atoms with E-state index in [0.717, 1.165) is 0 Å². The maximum Gasteiger partial charge on any atom is 0.295 e. The number of ketones is 1. The predicted octanol–water partition coefficient (Wildman–Crippen LogP) is 2.48. The Morgan fingerprint density at radius 2 is 1.86 bits per heavy atom. The lowest BCUT2D eigenvalue weighted by Gasteiger charge is -2.24. The van der Waals surface area contributed by atoms with Crippen molar-refractivity contribution >= 4 is 23.1 Å². The molecule has 1 aromatic heterocycles. The minimum atomic E-state index is -0.876. The molecular formula is C20H21N3O6. The van der Waals surface area contributed by atoms with Crippen molar-refractivity contribution in [2.75, 3.05) is 27.2 Å². The van der Waals surface area contributed by atoms with Crippen molar-refractivity contribution in [2.45, 2.75) is 13.0 Å². The molecule has 1 aliphatic heterocycles. The van der Waals surface area contributed by atoms with Crippen LogP contribution in [0.25, 0.3) is 5.76 Å². The number of hydrogen-bond donors (Lipinski definition) is 1. The Labute approximate surface area is 167 Å². The lowest BCUT2D eigenvalue weighted by molar-refractivity contribution is -0.384. The molecule has 2 heterocycles. The first-order valence-corrected chi connectivity index (χ1v) is 8.95. The number of benzene rings is 1. The first kappa shape index (κ1) is 20.3. The van der Waals surface area contributed by atoms with Crippen LogP contribution < -0.4 is 0 Å². The Morgan fingerprint density at radius 3 is 2.38 bits per heavy atom. The molecule has 1 fully saturated rings. The molecule has 1 N–H and O–H groups in total. The number of hydrogen-bond acceptors (Lipinski definition) is 7. The monoisotopic (exact) mass is 399 g/mol. The number of nitro benzene ring substituents is 1. The number of nitro groups is 1. The van der Waals surface area contributed by atoms with Crippen LogP contribution in [-0.2, 0) is 9.59 Å². The summed E-state index contributed by atoms with van der Waals surface area (Å²) in [5.41, 5.74) is -0.0439. The normalized spacial score (nSPS) is 18.6. The average Bonchev–Trinajstić information content (AvgIpc) is 3.21. The average molecular weight is 399 g/mol. The van der Waals surface area contributed by atoms with Gasteiger partial charge >= 0.3 is 0 Å². The van der Waals surface area contributed by atoms with Crippen LogP contribution >= 0.6 is 0 Å². The smallest absolute Gasteiger partial charge is 0.295 e. The summed E-state index contributed by atoms with van der Waals surface area (Å²) in [6, 6.07) is 7.63. The Morgan fingerprint density at radius 1 is 1.21 bits per heavy atom. The number of aliphatic hydroxyl groups excluding tert-OH is 1. The van der Waals surface area contributed by atoms with Gasteiger partial charge in [-0.15, -0.1) is 0 Å². The zero-order chi connectivity index (χ0) is 21.3. The molecular weight excluding hydrogens is 378 g/mol. The summed E-state index contributed by atoms with van der Waals surface area (Å²) in [5, 5.41) is 21.7. The van der Waals surface area contributed by atoms with Gasteiger partial charge in [0.1, 0.15) is 23.3 Å². The van der Waals surface area contributed by atoms with E-state index in [0.29, 0.717) is 18.1 Å². The SMILES string of the molecule is Cc1ccc(C2/C(=C(/O)c3ccc([N+](=O)[O-])cc3)C(=O)C(=O)N2CCN(C)C)o1. The Hall–Kier alpha value is -3.46. The summed E-state index contributed by atoms with van der Waals surface area (Å²) in [7, 11) is 3.69. The number of carbonyl (C=O) groups excluding carboxylic acids is 2. The van der Waals surface area contributed by atoms with E-state index in [2.05, 4.69) is 0 Å². The van der Waals surface area contributed by atoms with Gasteiger partial charge in [-0.05, 0) is 45.3 Å². The number of aliphatic hydroxyl groups is 1. The maximum atomic E-state index is 12.8. The molecule has 9 nitrogen and oxygen atoms in total. The van der Waals surface area contributed by atoms with Gasteiger partial charge in [0, 0.05) is 30.8 Å². The van der Waals surface area contributed by atoms with Crippen LogP contribution in [0.15, 0.2) is 46.4 Å². The molecule has 1 saturated heterocycles. The quantitative estimate of drug-likeness (QED) is 0.261. The van der Waals surface area contributed by atoms with Gasteiger partial charge in [0.25, 0.3) is 17.4 Å². The number of likely N-dealkylation sites (N-methyl/N-ethyl adjacent to an activating group) is 1. The van der Waals surface area contributed by atoms with Crippen molar-refractivity contribution in [1.29, 1.82) is 0 Å². The lowest BCUT2D eigenvalue weighted by atomic mass is 9.99. The highest BCUT2D eigenvalue weighted by atomic mass is 16.6. The second-order valence-electron chi connectivity index (χ2n) is 7.05. The predicted molar refractivity (Wildman–Crippen MR) is 104 cm³/mol. The minimum absolute atomic E-state index is 0.100. The van der Waals surface area contributed by atoms with Crippen LogP contribution in [0.5, 0.6) is 0 Å². The first-order chi connectivity index (χ1) is 13.7. The molecule has 1 atom stereocenters. The molecule has 0 radical (unpaired) electrons. The Balaban J connectivity index is 2.10. The van der Waals surface area contributed by atoms with E-state index in [1.165, 1.54) is 29.2 Å². The number of non-ortho nitro benzene ring substituents is 1. The number of rotatable bonds is 6. The number of furan rings is 1. The molecule has 9 heteroatoms. The molecule has 0 bridgehead atoms. The summed E-state index contributed by atoms with van der Waals surface area (Å²) in [6.07, 6.45) is 0. The third-order valence-corrected chi connectivity index (χ3v) is 4.71. The second kappa shape index (κ2) is 7.88. The summed E-state index contributed by atoms with van der Waals surface area (Å²) >= 11 is 0. The van der Waals surface area contributed by atoms with Crippen molar-refractivity contribution in [1.82, 2.24) is 9.80 Å². The fraction of sp³-hybridized carbons (Fsp3) is 0.300. The Kier molecular flexibility index (Phi) is 5.51. The van der Waals surface area contributed by atoms with E-state index in [-0.39, 0.29) is 23.4 Å². The molecule has 1 aliphatic rings. The maximum absolute atomic E-state index is 12.8. The molecule has 0 spiro atoms. The summed E-state index contributed by atoms with van der Waals surface area (Å²) < 4.78 is 5.67. The van der Waals surface area contributed by atoms with Gasteiger partial charge in [0.05, 0.1) is 10.5 Å². The summed E-state index contributed by atoms with van der Waals surface area (Å²) in [4.78, 5) is 39.0. The van der Waals surface area contributed by atoms with Gasteiger partial charge in [0.15, 0.2) is 0 Å². The number of amides is 1. The molecule has 0 aliphatic carbocycles. The first-order valence-electron chi connectivity index (χ1n) is 8.95. The van der Waals surface area contributed by atoms with E-state index in [4.69, 9.17) is 4.42 Å². The number of carbonyl (C=O) groups is 2. The van der Waals surface area contributed by atoms with Gasteiger partial charge < -0.3 is 19.3 Å². The van der Waals surface area contributed by atoms with E-state index in [1.54, 1.807) is 19.1 Å². The highest BCUT2D eigenvalue weighted by molar-refractivity contribution is 6.46. The van der Waals surface area contributed by atoms with Crippen molar-refractivity contribution in [2.24, 2.45) is 0 Å². The molecule has 1 aromatic carbocycles. The third kappa shape index (κ3) is 3.90. The molecule has 1 unspecified atom stereocenters. The van der Waals surface area contributed by atoms with Crippen molar-refractivity contribution in [3.63, 3.8) is 0 Å². The summed E-state index contributed by atoms with van der Waals surface area (Å²) in [6.45, 7) is 2.52. The van der Waals surface area contributed by atoms with Crippen molar-refractivity contribution in [3.8, 4) is 0 Å². The zero-order valence-electron chi connectivity index (χ0n) is 16.3. The fourth-order valence-corrected chi connectivity index (χ4v) is 3.21. The molecule has 152 valence electrons. The van der Waals surface area contributed by atoms with Gasteiger partial charge in [-0.3, -0.25) is 19.7 Å². The molecule has 2 aromatic rings. The van der Waals surface area contributed by atoms with Crippen molar-refractivity contribution < 1.29 is 24.0 Å². The van der Waals surface area contributed by atoms with Gasteiger partial charge in [0.2, 0.25) is 0 Å². The van der Waals surface area contributed by atoms with Crippen LogP contribution in [0.3, 0.4) is 0 Å². The number of aryl methyl sites for hydroxylation is 1. The molecule has 29 heavy (non-hydrogen) atoms. The van der Waals surface area contributed by atoms with Gasteiger partial charge in [-0.1, -0.05) is 0 Å². The minimum Gasteiger partial charge on any atom is -0.507 e. The second-order valence-corrected chi connectivity index (χ2v) is 7.05. The van der Waals surface area contributed by atoms with Crippen LogP contribution in [0.4, 0.5) is 5.69 Å². The molecule has 0 saturated carbocycles. The van der Waals surface area contributed by atoms with E-state index in [9.17, 15) is 24.8 Å². The summed E-state index contributed by atoms with van der Waals surface area (Å²) in [5.74, 6) is -0.977. The van der Waals surface area contributed by atoms with E-state index < -0.39 is 28.4 Å². The van der Waals surface area contributed by atoms with Crippen LogP contribution in [0, 0.1) is 17.0 Å². The van der Waals surface area contributed by atoms with E-state index in [1.807, 2.05) is 19.0 Å². The topological polar surface area (TPSA) is 117 Å². The fourth-order valence-electron chi connectivity index (χ4n) is 3.21. The van der Waals surface area contributed by atoms with E-state index >= 15 is 0 Å². The highest BCUT2D eigenvalue weighted by Gasteiger charge is 2.47. The molecule has 3 rings (SSSR count). The lowest BCUT2D eigenvalue weighted by Crippen LogP contribution is -2.35. The third-order valence-electron chi connectivity index (χ3n) is 4.71. The van der Waals surface area contributed by atoms with Crippen LogP contribution in [0.2, 0.25) is 0 Å². The highest BCUT2D eigenvalue weighted by Crippen LogP contribution is 2.39. The zero-order valence-corrected chi connectivity index (χ0v) is 16.3. The Bertz CT molecular complexity index is 990. The molecule has 1 amide bonds. The van der Waals surface area contributed by atoms with Gasteiger partial charge in [-0.25, -0.2) is 0 Å². The number of nitrogens with zero attached hydrogens (tertiary/aromatic N) is 3.